The van der Waals surface area contributed by atoms with Crippen LogP contribution in [0.5, 0.6) is 0 Å². The Morgan fingerprint density at radius 1 is 1.21 bits per heavy atom. The molecule has 0 aromatic heterocycles. The van der Waals surface area contributed by atoms with Crippen molar-refractivity contribution in [1.82, 2.24) is 10.1 Å². The molecule has 1 unspecified atom stereocenters. The second-order valence-electron chi connectivity index (χ2n) is 7.02. The molecule has 2 aliphatic rings. The van der Waals surface area contributed by atoms with Crippen LogP contribution in [0.15, 0.2) is 24.3 Å². The van der Waals surface area contributed by atoms with Gasteiger partial charge in [-0.3, -0.25) is 4.90 Å². The molecule has 2 saturated heterocycles. The van der Waals surface area contributed by atoms with Crippen LogP contribution in [0.4, 0.5) is 5.69 Å². The zero-order valence-electron chi connectivity index (χ0n) is 14.5. The summed E-state index contributed by atoms with van der Waals surface area (Å²) in [6, 6.07) is 11.2. The van der Waals surface area contributed by atoms with Crippen LogP contribution in [0.1, 0.15) is 31.2 Å². The third kappa shape index (κ3) is 4.10. The molecule has 128 valence electrons. The van der Waals surface area contributed by atoms with Crippen molar-refractivity contribution in [2.24, 2.45) is 0 Å². The molecule has 0 spiro atoms. The number of anilines is 1. The zero-order valence-corrected chi connectivity index (χ0v) is 14.5. The lowest BCUT2D eigenvalue weighted by Crippen LogP contribution is -2.54. The first kappa shape index (κ1) is 17.3. The van der Waals surface area contributed by atoms with Gasteiger partial charge in [-0.1, -0.05) is 12.1 Å². The molecule has 0 aliphatic carbocycles. The maximum absolute atomic E-state index is 9.55. The molecular formula is C18H27BN4O. The van der Waals surface area contributed by atoms with Crippen molar-refractivity contribution in [3.05, 3.63) is 29.8 Å². The van der Waals surface area contributed by atoms with Gasteiger partial charge in [-0.25, -0.2) is 0 Å². The van der Waals surface area contributed by atoms with Gasteiger partial charge in [0.15, 0.2) is 0 Å². The SMILES string of the molecule is CB(O)NC1CCCN(C2CCN(c3ccccc3C#N)CC2)C1. The monoisotopic (exact) mass is 326 g/mol. The molecule has 2 fully saturated rings. The van der Waals surface area contributed by atoms with Crippen LogP contribution in [-0.2, 0) is 0 Å². The molecule has 0 saturated carbocycles. The summed E-state index contributed by atoms with van der Waals surface area (Å²) >= 11 is 0. The highest BCUT2D eigenvalue weighted by atomic mass is 16.2. The van der Waals surface area contributed by atoms with Crippen LogP contribution in [0.25, 0.3) is 0 Å². The average molecular weight is 326 g/mol. The van der Waals surface area contributed by atoms with E-state index in [9.17, 15) is 10.3 Å². The summed E-state index contributed by atoms with van der Waals surface area (Å²) < 4.78 is 0. The fraction of sp³-hybridized carbons (Fsp3) is 0.611. The molecule has 5 nitrogen and oxygen atoms in total. The van der Waals surface area contributed by atoms with E-state index in [2.05, 4.69) is 27.2 Å². The second kappa shape index (κ2) is 8.02. The van der Waals surface area contributed by atoms with Crippen molar-refractivity contribution in [2.45, 2.75) is 44.6 Å². The van der Waals surface area contributed by atoms with Gasteiger partial charge in [-0.05, 0) is 51.2 Å². The van der Waals surface area contributed by atoms with Crippen molar-refractivity contribution < 1.29 is 5.02 Å². The molecule has 3 rings (SSSR count). The van der Waals surface area contributed by atoms with Crippen LogP contribution in [0.3, 0.4) is 0 Å². The largest absolute Gasteiger partial charge is 0.437 e. The van der Waals surface area contributed by atoms with E-state index in [4.69, 9.17) is 0 Å². The Morgan fingerprint density at radius 2 is 1.96 bits per heavy atom. The summed E-state index contributed by atoms with van der Waals surface area (Å²) in [5, 5.41) is 22.1. The average Bonchev–Trinajstić information content (AvgIpc) is 2.61. The first-order valence-corrected chi connectivity index (χ1v) is 9.09. The van der Waals surface area contributed by atoms with E-state index in [0.29, 0.717) is 12.1 Å². The molecule has 24 heavy (non-hydrogen) atoms. The molecule has 2 N–H and O–H groups in total. The molecule has 2 aliphatic heterocycles. The van der Waals surface area contributed by atoms with Crippen molar-refractivity contribution in [3.8, 4) is 6.07 Å². The van der Waals surface area contributed by atoms with Crippen LogP contribution < -0.4 is 10.1 Å². The minimum absolute atomic E-state index is 0.399. The molecule has 1 atom stereocenters. The van der Waals surface area contributed by atoms with Gasteiger partial charge in [0, 0.05) is 31.7 Å². The lowest BCUT2D eigenvalue weighted by Gasteiger charge is -2.43. The van der Waals surface area contributed by atoms with E-state index in [-0.39, 0.29) is 0 Å². The van der Waals surface area contributed by atoms with Gasteiger partial charge in [0.1, 0.15) is 6.07 Å². The summed E-state index contributed by atoms with van der Waals surface area (Å²) in [5.74, 6) is 0. The Kier molecular flexibility index (Phi) is 5.78. The lowest BCUT2D eigenvalue weighted by atomic mass is 9.85. The van der Waals surface area contributed by atoms with Crippen molar-refractivity contribution >= 4 is 12.7 Å². The van der Waals surface area contributed by atoms with E-state index in [1.165, 1.54) is 6.42 Å². The number of nitrogens with zero attached hydrogens (tertiary/aromatic N) is 3. The molecular weight excluding hydrogens is 299 g/mol. The van der Waals surface area contributed by atoms with Crippen LogP contribution in [0, 0.1) is 11.3 Å². The summed E-state index contributed by atoms with van der Waals surface area (Å²) in [4.78, 5) is 4.95. The first-order chi connectivity index (χ1) is 11.7. The van der Waals surface area contributed by atoms with Crippen LogP contribution in [-0.4, -0.2) is 55.2 Å². The maximum Gasteiger partial charge on any atom is 0.373 e. The van der Waals surface area contributed by atoms with Gasteiger partial charge in [0.2, 0.25) is 0 Å². The fourth-order valence-electron chi connectivity index (χ4n) is 4.13. The highest BCUT2D eigenvalue weighted by Gasteiger charge is 2.29. The molecule has 1 aromatic carbocycles. The smallest absolute Gasteiger partial charge is 0.373 e. The zero-order chi connectivity index (χ0) is 16.9. The lowest BCUT2D eigenvalue weighted by molar-refractivity contribution is 0.124. The fourth-order valence-corrected chi connectivity index (χ4v) is 4.13. The summed E-state index contributed by atoms with van der Waals surface area (Å²) in [6.45, 7) is 6.01. The van der Waals surface area contributed by atoms with Gasteiger partial charge in [-0.15, -0.1) is 0 Å². The Balaban J connectivity index is 1.56. The molecule has 0 bridgehead atoms. The third-order valence-corrected chi connectivity index (χ3v) is 5.28. The van der Waals surface area contributed by atoms with Gasteiger partial charge in [0.05, 0.1) is 11.3 Å². The number of rotatable bonds is 4. The number of piperidine rings is 2. The molecule has 2 heterocycles. The number of hydrogen-bond acceptors (Lipinski definition) is 5. The summed E-state index contributed by atoms with van der Waals surface area (Å²) in [7, 11) is -0.431. The third-order valence-electron chi connectivity index (χ3n) is 5.28. The molecule has 0 amide bonds. The van der Waals surface area contributed by atoms with Crippen molar-refractivity contribution in [1.29, 1.82) is 5.26 Å². The Morgan fingerprint density at radius 3 is 2.67 bits per heavy atom. The summed E-state index contributed by atoms with van der Waals surface area (Å²) in [5.41, 5.74) is 1.85. The topological polar surface area (TPSA) is 62.5 Å². The van der Waals surface area contributed by atoms with E-state index in [1.54, 1.807) is 6.82 Å². The Bertz CT molecular complexity index is 581. The predicted molar refractivity (Wildman–Crippen MR) is 98.0 cm³/mol. The Labute approximate surface area is 145 Å². The van der Waals surface area contributed by atoms with Crippen molar-refractivity contribution in [3.63, 3.8) is 0 Å². The number of para-hydroxylation sites is 1. The van der Waals surface area contributed by atoms with E-state index >= 15 is 0 Å². The van der Waals surface area contributed by atoms with Crippen LogP contribution >= 0.6 is 0 Å². The minimum atomic E-state index is -0.431. The molecule has 1 aromatic rings. The van der Waals surface area contributed by atoms with Gasteiger partial charge in [0.25, 0.3) is 0 Å². The minimum Gasteiger partial charge on any atom is -0.437 e. The number of hydrogen-bond donors (Lipinski definition) is 2. The predicted octanol–water partition coefficient (Wildman–Crippen LogP) is 1.69. The Hall–Kier alpha value is -1.55. The highest BCUT2D eigenvalue weighted by molar-refractivity contribution is 6.45. The summed E-state index contributed by atoms with van der Waals surface area (Å²) in [6.07, 6.45) is 4.62. The van der Waals surface area contributed by atoms with E-state index < -0.39 is 7.05 Å². The first-order valence-electron chi connectivity index (χ1n) is 9.09. The molecule has 6 heteroatoms. The molecule has 0 radical (unpaired) electrons. The van der Waals surface area contributed by atoms with Gasteiger partial charge >= 0.3 is 7.05 Å². The van der Waals surface area contributed by atoms with E-state index in [1.807, 2.05) is 18.2 Å². The number of nitrogens with one attached hydrogen (secondary N) is 1. The van der Waals surface area contributed by atoms with Crippen LogP contribution in [0.2, 0.25) is 6.82 Å². The normalized spacial score (nSPS) is 23.0. The van der Waals surface area contributed by atoms with Gasteiger partial charge < -0.3 is 15.2 Å². The second-order valence-corrected chi connectivity index (χ2v) is 7.02. The van der Waals surface area contributed by atoms with Gasteiger partial charge in [-0.2, -0.15) is 5.26 Å². The number of benzene rings is 1. The number of nitriles is 1. The quantitative estimate of drug-likeness (QED) is 0.825. The van der Waals surface area contributed by atoms with Crippen molar-refractivity contribution in [2.75, 3.05) is 31.1 Å². The number of likely N-dealkylation sites (tertiary alicyclic amines) is 1. The maximum atomic E-state index is 9.55. The van der Waals surface area contributed by atoms with E-state index in [0.717, 1.165) is 56.7 Å². The highest BCUT2D eigenvalue weighted by Crippen LogP contribution is 2.26. The standard InChI is InChI=1S/C18H27BN4O/c1-19(24)21-16-6-4-10-23(14-16)17-8-11-22(12-9-17)18-7-3-2-5-15(18)13-20/h2-3,5,7,16-17,21,24H,4,6,8-12,14H2,1H3.